The van der Waals surface area contributed by atoms with E-state index in [1.807, 2.05) is 38.1 Å². The summed E-state index contributed by atoms with van der Waals surface area (Å²) in [5.74, 6) is 0.331. The number of anilines is 2. The molecule has 0 heterocycles. The smallest absolute Gasteiger partial charge is 0.266 e. The number of aryl methyl sites for hydroxylation is 2. The predicted octanol–water partition coefficient (Wildman–Crippen LogP) is 4.88. The van der Waals surface area contributed by atoms with E-state index in [2.05, 4.69) is 10.6 Å². The highest BCUT2D eigenvalue weighted by Gasteiger charge is 2.14. The number of amides is 2. The Bertz CT molecular complexity index is 1340. The Hall–Kier alpha value is -4.77. The molecular formula is C28H27N3O5. The van der Waals surface area contributed by atoms with Crippen LogP contribution in [-0.2, 0) is 9.59 Å². The zero-order chi connectivity index (χ0) is 26.1. The van der Waals surface area contributed by atoms with Crippen LogP contribution in [0.25, 0.3) is 6.08 Å². The average molecular weight is 486 g/mol. The zero-order valence-electron chi connectivity index (χ0n) is 20.5. The Labute approximate surface area is 210 Å². The molecule has 0 fully saturated rings. The molecule has 2 amide bonds. The Balaban J connectivity index is 1.70. The minimum absolute atomic E-state index is 0.0668. The monoisotopic (exact) mass is 485 g/mol. The van der Waals surface area contributed by atoms with Gasteiger partial charge in [0.15, 0.2) is 18.1 Å². The summed E-state index contributed by atoms with van der Waals surface area (Å²) in [7, 11) is 2.98. The molecule has 8 heteroatoms. The van der Waals surface area contributed by atoms with Crippen LogP contribution in [0, 0.1) is 25.2 Å². The van der Waals surface area contributed by atoms with Gasteiger partial charge in [-0.1, -0.05) is 30.3 Å². The maximum Gasteiger partial charge on any atom is 0.266 e. The summed E-state index contributed by atoms with van der Waals surface area (Å²) in [6, 6.07) is 19.6. The van der Waals surface area contributed by atoms with Crippen molar-refractivity contribution in [1.29, 1.82) is 5.26 Å². The van der Waals surface area contributed by atoms with E-state index < -0.39 is 5.91 Å². The highest BCUT2D eigenvalue weighted by Crippen LogP contribution is 2.29. The lowest BCUT2D eigenvalue weighted by molar-refractivity contribution is -0.118. The first kappa shape index (κ1) is 25.8. The average Bonchev–Trinajstić information content (AvgIpc) is 2.88. The molecule has 3 aromatic carbocycles. The number of nitrogens with one attached hydrogen (secondary N) is 2. The molecule has 36 heavy (non-hydrogen) atoms. The Morgan fingerprint density at radius 1 is 0.889 bits per heavy atom. The molecule has 0 saturated heterocycles. The highest BCUT2D eigenvalue weighted by molar-refractivity contribution is 6.10. The van der Waals surface area contributed by atoms with E-state index in [1.54, 1.807) is 42.5 Å². The standard InChI is InChI=1S/C28H27N3O5/c1-18-9-10-19(2)23(13-18)31-28(33)21(16-29)14-20-11-12-25(26(15-20)35-4)36-17-27(32)30-22-7-5-6-8-24(22)34-3/h5-15H,17H2,1-4H3,(H,30,32)(H,31,33)/b21-14-. The van der Waals surface area contributed by atoms with E-state index >= 15 is 0 Å². The van der Waals surface area contributed by atoms with E-state index in [0.29, 0.717) is 34.2 Å². The van der Waals surface area contributed by atoms with Gasteiger partial charge in [0.25, 0.3) is 11.8 Å². The van der Waals surface area contributed by atoms with Crippen molar-refractivity contribution in [3.05, 3.63) is 82.9 Å². The van der Waals surface area contributed by atoms with Crippen LogP contribution in [0.15, 0.2) is 66.2 Å². The van der Waals surface area contributed by atoms with Crippen molar-refractivity contribution >= 4 is 29.3 Å². The van der Waals surface area contributed by atoms with Crippen LogP contribution in [0.4, 0.5) is 11.4 Å². The van der Waals surface area contributed by atoms with Crippen molar-refractivity contribution in [3.63, 3.8) is 0 Å². The maximum absolute atomic E-state index is 12.7. The van der Waals surface area contributed by atoms with Crippen LogP contribution >= 0.6 is 0 Å². The summed E-state index contributed by atoms with van der Waals surface area (Å²) in [5, 5.41) is 15.1. The second-order valence-corrected chi connectivity index (χ2v) is 7.89. The third kappa shape index (κ3) is 6.64. The molecule has 184 valence electrons. The van der Waals surface area contributed by atoms with Crippen molar-refractivity contribution in [2.75, 3.05) is 31.5 Å². The summed E-state index contributed by atoms with van der Waals surface area (Å²) in [6.45, 7) is 3.55. The minimum Gasteiger partial charge on any atom is -0.495 e. The SMILES string of the molecule is COc1ccccc1NC(=O)COc1ccc(/C=C(/C#N)C(=O)Nc2cc(C)ccc2C)cc1OC. The molecule has 0 aliphatic heterocycles. The number of carbonyl (C=O) groups is 2. The molecule has 0 saturated carbocycles. The number of hydrogen-bond acceptors (Lipinski definition) is 6. The second kappa shape index (κ2) is 12.1. The van der Waals surface area contributed by atoms with Crippen LogP contribution in [0.5, 0.6) is 17.2 Å². The van der Waals surface area contributed by atoms with Crippen LogP contribution in [0.2, 0.25) is 0 Å². The minimum atomic E-state index is -0.515. The largest absolute Gasteiger partial charge is 0.495 e. The van der Waals surface area contributed by atoms with Gasteiger partial charge >= 0.3 is 0 Å². The zero-order valence-corrected chi connectivity index (χ0v) is 20.5. The van der Waals surface area contributed by atoms with Crippen molar-refractivity contribution in [1.82, 2.24) is 0 Å². The lowest BCUT2D eigenvalue weighted by atomic mass is 10.1. The molecule has 0 atom stereocenters. The van der Waals surface area contributed by atoms with Gasteiger partial charge < -0.3 is 24.8 Å². The molecule has 8 nitrogen and oxygen atoms in total. The molecule has 0 unspecified atom stereocenters. The first-order valence-corrected chi connectivity index (χ1v) is 11.1. The van der Waals surface area contributed by atoms with Gasteiger partial charge in [0.05, 0.1) is 19.9 Å². The molecule has 3 rings (SSSR count). The first-order valence-electron chi connectivity index (χ1n) is 11.1. The fraction of sp³-hybridized carbons (Fsp3) is 0.179. The maximum atomic E-state index is 12.7. The Morgan fingerprint density at radius 2 is 1.64 bits per heavy atom. The molecule has 0 aromatic heterocycles. The Morgan fingerprint density at radius 3 is 2.36 bits per heavy atom. The second-order valence-electron chi connectivity index (χ2n) is 7.89. The van der Waals surface area contributed by atoms with Crippen molar-refractivity contribution in [3.8, 4) is 23.3 Å². The quantitative estimate of drug-likeness (QED) is 0.330. The molecule has 0 aliphatic carbocycles. The van der Waals surface area contributed by atoms with E-state index in [-0.39, 0.29) is 18.1 Å². The van der Waals surface area contributed by atoms with Gasteiger partial charge in [-0.2, -0.15) is 5.26 Å². The molecule has 2 N–H and O–H groups in total. The summed E-state index contributed by atoms with van der Waals surface area (Å²) in [6.07, 6.45) is 1.46. The molecular weight excluding hydrogens is 458 g/mol. The third-order valence-electron chi connectivity index (χ3n) is 5.24. The normalized spacial score (nSPS) is 10.7. The van der Waals surface area contributed by atoms with Crippen molar-refractivity contribution < 1.29 is 23.8 Å². The van der Waals surface area contributed by atoms with E-state index in [1.165, 1.54) is 20.3 Å². The van der Waals surface area contributed by atoms with Gasteiger partial charge in [-0.15, -0.1) is 0 Å². The number of benzene rings is 3. The first-order chi connectivity index (χ1) is 17.3. The number of ether oxygens (including phenoxy) is 3. The van der Waals surface area contributed by atoms with Gasteiger partial charge in [-0.05, 0) is 66.9 Å². The van der Waals surface area contributed by atoms with Gasteiger partial charge in [0.2, 0.25) is 0 Å². The summed E-state index contributed by atoms with van der Waals surface area (Å²) < 4.78 is 16.2. The summed E-state index contributed by atoms with van der Waals surface area (Å²) >= 11 is 0. The van der Waals surface area contributed by atoms with Crippen molar-refractivity contribution in [2.45, 2.75) is 13.8 Å². The number of nitrogens with zero attached hydrogens (tertiary/aromatic N) is 1. The lowest BCUT2D eigenvalue weighted by Gasteiger charge is -2.13. The van der Waals surface area contributed by atoms with Gasteiger partial charge in [-0.25, -0.2) is 0 Å². The fourth-order valence-corrected chi connectivity index (χ4v) is 3.35. The molecule has 0 radical (unpaired) electrons. The van der Waals surface area contributed by atoms with Gasteiger partial charge in [0.1, 0.15) is 17.4 Å². The van der Waals surface area contributed by atoms with Crippen LogP contribution < -0.4 is 24.8 Å². The van der Waals surface area contributed by atoms with Gasteiger partial charge in [0, 0.05) is 5.69 Å². The van der Waals surface area contributed by atoms with Crippen LogP contribution in [0.1, 0.15) is 16.7 Å². The fourth-order valence-electron chi connectivity index (χ4n) is 3.35. The predicted molar refractivity (Wildman–Crippen MR) is 138 cm³/mol. The third-order valence-corrected chi connectivity index (χ3v) is 5.24. The number of carbonyl (C=O) groups excluding carboxylic acids is 2. The summed E-state index contributed by atoms with van der Waals surface area (Å²) in [5.41, 5.74) is 3.56. The highest BCUT2D eigenvalue weighted by atomic mass is 16.5. The molecule has 3 aromatic rings. The number of methoxy groups -OCH3 is 2. The van der Waals surface area contributed by atoms with Crippen molar-refractivity contribution in [2.24, 2.45) is 0 Å². The van der Waals surface area contributed by atoms with E-state index in [9.17, 15) is 14.9 Å². The van der Waals surface area contributed by atoms with Crippen LogP contribution in [-0.4, -0.2) is 32.6 Å². The van der Waals surface area contributed by atoms with E-state index in [0.717, 1.165) is 11.1 Å². The van der Waals surface area contributed by atoms with E-state index in [4.69, 9.17) is 14.2 Å². The lowest BCUT2D eigenvalue weighted by Crippen LogP contribution is -2.20. The molecule has 0 aliphatic rings. The number of hydrogen-bond donors (Lipinski definition) is 2. The Kier molecular flexibility index (Phi) is 8.68. The molecule has 0 bridgehead atoms. The number of para-hydroxylation sites is 2. The van der Waals surface area contributed by atoms with Gasteiger partial charge in [-0.3, -0.25) is 9.59 Å². The number of rotatable bonds is 9. The summed E-state index contributed by atoms with van der Waals surface area (Å²) in [4.78, 5) is 25.0. The molecule has 0 spiro atoms. The van der Waals surface area contributed by atoms with Crippen LogP contribution in [0.3, 0.4) is 0 Å². The topological polar surface area (TPSA) is 110 Å². The number of nitriles is 1.